The van der Waals surface area contributed by atoms with Gasteiger partial charge in [0, 0.05) is 30.3 Å². The van der Waals surface area contributed by atoms with Gasteiger partial charge >= 0.3 is 0 Å². The molecule has 0 radical (unpaired) electrons. The summed E-state index contributed by atoms with van der Waals surface area (Å²) in [5.41, 5.74) is 4.22. The van der Waals surface area contributed by atoms with E-state index in [4.69, 9.17) is 0 Å². The highest BCUT2D eigenvalue weighted by Crippen LogP contribution is 2.14. The standard InChI is InChI=1S/C22H21N7O/c1-15-10-16(2)29(28-15)21-14-24-13-20(27-21)25-11-17-5-7-19(8-6-17)26-22(30)18-4-3-9-23-12-18/h3-10,12-14H,11H2,1-2H3,(H,25,27)(H,26,30). The van der Waals surface area contributed by atoms with Crippen LogP contribution in [0.2, 0.25) is 0 Å². The van der Waals surface area contributed by atoms with E-state index in [-0.39, 0.29) is 5.91 Å². The van der Waals surface area contributed by atoms with E-state index >= 15 is 0 Å². The zero-order chi connectivity index (χ0) is 20.9. The molecule has 0 spiro atoms. The number of hydrogen-bond donors (Lipinski definition) is 2. The second kappa shape index (κ2) is 8.52. The van der Waals surface area contributed by atoms with Gasteiger partial charge in [-0.15, -0.1) is 0 Å². The first-order chi connectivity index (χ1) is 14.6. The number of carbonyl (C=O) groups is 1. The first kappa shape index (κ1) is 19.3. The van der Waals surface area contributed by atoms with Gasteiger partial charge in [0.25, 0.3) is 5.91 Å². The molecule has 0 fully saturated rings. The molecule has 0 saturated carbocycles. The first-order valence-electron chi connectivity index (χ1n) is 9.48. The minimum absolute atomic E-state index is 0.190. The van der Waals surface area contributed by atoms with Crippen LogP contribution in [0.15, 0.2) is 67.3 Å². The van der Waals surface area contributed by atoms with Crippen LogP contribution in [-0.2, 0) is 6.54 Å². The minimum Gasteiger partial charge on any atom is -0.365 e. The molecule has 8 heteroatoms. The highest BCUT2D eigenvalue weighted by molar-refractivity contribution is 6.03. The van der Waals surface area contributed by atoms with Crippen LogP contribution in [0.3, 0.4) is 0 Å². The van der Waals surface area contributed by atoms with Gasteiger partial charge in [0.15, 0.2) is 5.82 Å². The van der Waals surface area contributed by atoms with Crippen molar-refractivity contribution in [3.63, 3.8) is 0 Å². The van der Waals surface area contributed by atoms with Crippen LogP contribution in [0.5, 0.6) is 0 Å². The molecule has 0 atom stereocenters. The Bertz CT molecular complexity index is 1150. The fourth-order valence-corrected chi connectivity index (χ4v) is 3.00. The number of pyridine rings is 1. The number of carbonyl (C=O) groups excluding carboxylic acids is 1. The summed E-state index contributed by atoms with van der Waals surface area (Å²) in [6, 6.07) is 13.1. The van der Waals surface area contributed by atoms with E-state index < -0.39 is 0 Å². The molecule has 0 saturated heterocycles. The predicted molar refractivity (Wildman–Crippen MR) is 115 cm³/mol. The molecule has 8 nitrogen and oxygen atoms in total. The molecule has 0 unspecified atom stereocenters. The van der Waals surface area contributed by atoms with E-state index in [1.807, 2.05) is 44.2 Å². The molecule has 4 rings (SSSR count). The van der Waals surface area contributed by atoms with Crippen LogP contribution in [0.4, 0.5) is 11.5 Å². The smallest absolute Gasteiger partial charge is 0.257 e. The van der Waals surface area contributed by atoms with Gasteiger partial charge in [-0.3, -0.25) is 14.8 Å². The molecule has 2 N–H and O–H groups in total. The summed E-state index contributed by atoms with van der Waals surface area (Å²) >= 11 is 0. The number of hydrogen-bond acceptors (Lipinski definition) is 6. The molecule has 3 aromatic heterocycles. The van der Waals surface area contributed by atoms with E-state index in [0.717, 1.165) is 22.6 Å². The zero-order valence-electron chi connectivity index (χ0n) is 16.7. The van der Waals surface area contributed by atoms with Crippen LogP contribution < -0.4 is 10.6 Å². The summed E-state index contributed by atoms with van der Waals surface area (Å²) in [5, 5.41) is 10.6. The van der Waals surface area contributed by atoms with Crippen molar-refractivity contribution >= 4 is 17.4 Å². The summed E-state index contributed by atoms with van der Waals surface area (Å²) < 4.78 is 1.77. The predicted octanol–water partition coefficient (Wildman–Crippen LogP) is 3.54. The molecule has 4 aromatic rings. The van der Waals surface area contributed by atoms with Crippen LogP contribution in [0, 0.1) is 13.8 Å². The highest BCUT2D eigenvalue weighted by atomic mass is 16.1. The maximum atomic E-state index is 12.2. The monoisotopic (exact) mass is 399 g/mol. The quantitative estimate of drug-likeness (QED) is 0.515. The Morgan fingerprint density at radius 2 is 1.87 bits per heavy atom. The van der Waals surface area contributed by atoms with Crippen molar-refractivity contribution in [1.82, 2.24) is 24.7 Å². The van der Waals surface area contributed by atoms with Crippen molar-refractivity contribution in [2.45, 2.75) is 20.4 Å². The number of amides is 1. The average Bonchev–Trinajstić information content (AvgIpc) is 3.12. The first-order valence-corrected chi connectivity index (χ1v) is 9.48. The lowest BCUT2D eigenvalue weighted by molar-refractivity contribution is 0.102. The van der Waals surface area contributed by atoms with Crippen LogP contribution in [-0.4, -0.2) is 30.6 Å². The topological polar surface area (TPSA) is 97.6 Å². The van der Waals surface area contributed by atoms with Crippen molar-refractivity contribution < 1.29 is 4.79 Å². The normalized spacial score (nSPS) is 10.6. The molecule has 0 aliphatic rings. The Morgan fingerprint density at radius 3 is 2.57 bits per heavy atom. The third-order valence-electron chi connectivity index (χ3n) is 4.46. The van der Waals surface area contributed by atoms with E-state index in [1.54, 1.807) is 35.4 Å². The Kier molecular flexibility index (Phi) is 5.47. The molecule has 1 amide bonds. The number of aryl methyl sites for hydroxylation is 2. The van der Waals surface area contributed by atoms with E-state index in [2.05, 4.69) is 30.7 Å². The molecule has 150 valence electrons. The van der Waals surface area contributed by atoms with Gasteiger partial charge in [-0.25, -0.2) is 9.67 Å². The number of aromatic nitrogens is 5. The Labute approximate surface area is 174 Å². The summed E-state index contributed by atoms with van der Waals surface area (Å²) in [7, 11) is 0. The van der Waals surface area contributed by atoms with E-state index in [0.29, 0.717) is 23.7 Å². The Morgan fingerprint density at radius 1 is 1.03 bits per heavy atom. The summed E-state index contributed by atoms with van der Waals surface area (Å²) in [4.78, 5) is 25.0. The van der Waals surface area contributed by atoms with Gasteiger partial charge in [-0.1, -0.05) is 12.1 Å². The lowest BCUT2D eigenvalue weighted by Crippen LogP contribution is -2.12. The largest absolute Gasteiger partial charge is 0.365 e. The third-order valence-corrected chi connectivity index (χ3v) is 4.46. The van der Waals surface area contributed by atoms with Crippen molar-refractivity contribution in [3.05, 3.63) is 89.8 Å². The molecule has 30 heavy (non-hydrogen) atoms. The Hall–Kier alpha value is -4.07. The fourth-order valence-electron chi connectivity index (χ4n) is 3.00. The number of anilines is 2. The Balaban J connectivity index is 1.38. The second-order valence-corrected chi connectivity index (χ2v) is 6.85. The lowest BCUT2D eigenvalue weighted by Gasteiger charge is -2.09. The number of benzene rings is 1. The van der Waals surface area contributed by atoms with Crippen molar-refractivity contribution in [2.75, 3.05) is 10.6 Å². The van der Waals surface area contributed by atoms with Crippen LogP contribution in [0.1, 0.15) is 27.3 Å². The number of rotatable bonds is 6. The van der Waals surface area contributed by atoms with Crippen molar-refractivity contribution in [3.8, 4) is 5.82 Å². The second-order valence-electron chi connectivity index (χ2n) is 6.85. The molecule has 1 aromatic carbocycles. The number of nitrogens with one attached hydrogen (secondary N) is 2. The molecule has 0 aliphatic carbocycles. The van der Waals surface area contributed by atoms with Gasteiger partial charge in [-0.05, 0) is 49.7 Å². The van der Waals surface area contributed by atoms with E-state index in [1.165, 1.54) is 6.20 Å². The minimum atomic E-state index is -0.190. The van der Waals surface area contributed by atoms with Gasteiger partial charge in [0.1, 0.15) is 5.82 Å². The summed E-state index contributed by atoms with van der Waals surface area (Å²) in [6.07, 6.45) is 6.53. The maximum absolute atomic E-state index is 12.2. The zero-order valence-corrected chi connectivity index (χ0v) is 16.7. The van der Waals surface area contributed by atoms with Gasteiger partial charge in [-0.2, -0.15) is 5.10 Å². The molecular formula is C22H21N7O. The molecule has 0 bridgehead atoms. The number of nitrogens with zero attached hydrogens (tertiary/aromatic N) is 5. The van der Waals surface area contributed by atoms with Gasteiger partial charge in [0.2, 0.25) is 0 Å². The van der Waals surface area contributed by atoms with E-state index in [9.17, 15) is 4.79 Å². The molecule has 3 heterocycles. The van der Waals surface area contributed by atoms with Crippen molar-refractivity contribution in [2.24, 2.45) is 0 Å². The van der Waals surface area contributed by atoms with Crippen LogP contribution in [0.25, 0.3) is 5.82 Å². The summed E-state index contributed by atoms with van der Waals surface area (Å²) in [5.74, 6) is 1.14. The van der Waals surface area contributed by atoms with Gasteiger partial charge in [0.05, 0.1) is 23.7 Å². The third kappa shape index (κ3) is 4.49. The van der Waals surface area contributed by atoms with Crippen molar-refractivity contribution in [1.29, 1.82) is 0 Å². The fraction of sp³-hybridized carbons (Fsp3) is 0.136. The SMILES string of the molecule is Cc1cc(C)n(-c2cncc(NCc3ccc(NC(=O)c4cccnc4)cc3)n2)n1. The van der Waals surface area contributed by atoms with Gasteiger partial charge < -0.3 is 10.6 Å². The average molecular weight is 399 g/mol. The summed E-state index contributed by atoms with van der Waals surface area (Å²) in [6.45, 7) is 4.50. The molecule has 0 aliphatic heterocycles. The highest BCUT2D eigenvalue weighted by Gasteiger charge is 2.08. The molecular weight excluding hydrogens is 378 g/mol. The maximum Gasteiger partial charge on any atom is 0.257 e. The lowest BCUT2D eigenvalue weighted by atomic mass is 10.2. The van der Waals surface area contributed by atoms with Crippen LogP contribution >= 0.6 is 0 Å².